The lowest BCUT2D eigenvalue weighted by Gasteiger charge is -2.31. The predicted octanol–water partition coefficient (Wildman–Crippen LogP) is 7.55. The second-order valence-corrected chi connectivity index (χ2v) is 9.30. The van der Waals surface area contributed by atoms with E-state index in [0.29, 0.717) is 6.61 Å². The molecule has 0 aliphatic rings. The molecule has 0 bridgehead atoms. The van der Waals surface area contributed by atoms with Crippen LogP contribution in [0, 0.1) is 0 Å². The standard InChI is InChI=1S/C30H37NO/c1-6-13-28(24-14-9-7-10-15-24)29(25-16-11-8-12-17-25)26-18-20-27(21-19-26)32-23-22-31(5)30(2,3)4/h7-12,14-21H,6,13,22-23H2,1-5H3/b29-28-. The van der Waals surface area contributed by atoms with Crippen molar-refractivity contribution in [2.75, 3.05) is 20.2 Å². The number of hydrogen-bond donors (Lipinski definition) is 0. The second kappa shape index (κ2) is 11.2. The summed E-state index contributed by atoms with van der Waals surface area (Å²) in [6, 6.07) is 30.1. The van der Waals surface area contributed by atoms with Crippen LogP contribution in [-0.2, 0) is 0 Å². The van der Waals surface area contributed by atoms with Crippen LogP contribution in [0.2, 0.25) is 0 Å². The molecule has 0 saturated carbocycles. The maximum atomic E-state index is 6.05. The molecule has 0 unspecified atom stereocenters. The van der Waals surface area contributed by atoms with Crippen LogP contribution in [0.5, 0.6) is 5.75 Å². The quantitative estimate of drug-likeness (QED) is 0.327. The summed E-state index contributed by atoms with van der Waals surface area (Å²) in [7, 11) is 2.14. The van der Waals surface area contributed by atoms with Crippen molar-refractivity contribution in [1.29, 1.82) is 0 Å². The molecule has 0 aliphatic carbocycles. The molecule has 32 heavy (non-hydrogen) atoms. The molecule has 0 amide bonds. The van der Waals surface area contributed by atoms with Crippen molar-refractivity contribution in [3.63, 3.8) is 0 Å². The van der Waals surface area contributed by atoms with Gasteiger partial charge >= 0.3 is 0 Å². The number of benzene rings is 3. The van der Waals surface area contributed by atoms with Gasteiger partial charge in [0.2, 0.25) is 0 Å². The summed E-state index contributed by atoms with van der Waals surface area (Å²) in [4.78, 5) is 2.31. The third-order valence-corrected chi connectivity index (χ3v) is 5.97. The molecule has 0 spiro atoms. The minimum Gasteiger partial charge on any atom is -0.492 e. The Morgan fingerprint density at radius 1 is 0.750 bits per heavy atom. The molecule has 0 aromatic heterocycles. The Kier molecular flexibility index (Phi) is 8.30. The van der Waals surface area contributed by atoms with Gasteiger partial charge in [-0.2, -0.15) is 0 Å². The van der Waals surface area contributed by atoms with Gasteiger partial charge in [0.25, 0.3) is 0 Å². The second-order valence-electron chi connectivity index (χ2n) is 9.30. The third-order valence-electron chi connectivity index (χ3n) is 5.97. The summed E-state index contributed by atoms with van der Waals surface area (Å²) in [5.41, 5.74) is 6.61. The van der Waals surface area contributed by atoms with E-state index in [1.807, 2.05) is 0 Å². The van der Waals surface area contributed by atoms with Crippen LogP contribution >= 0.6 is 0 Å². The van der Waals surface area contributed by atoms with E-state index in [-0.39, 0.29) is 5.54 Å². The molecule has 3 aromatic carbocycles. The monoisotopic (exact) mass is 427 g/mol. The average molecular weight is 428 g/mol. The molecule has 0 fully saturated rings. The average Bonchev–Trinajstić information content (AvgIpc) is 2.80. The van der Waals surface area contributed by atoms with Gasteiger partial charge in [-0.3, -0.25) is 4.90 Å². The minimum absolute atomic E-state index is 0.149. The summed E-state index contributed by atoms with van der Waals surface area (Å²) >= 11 is 0. The number of likely N-dealkylation sites (N-methyl/N-ethyl adjacent to an activating group) is 1. The molecule has 3 aromatic rings. The molecule has 2 nitrogen and oxygen atoms in total. The molecule has 0 heterocycles. The lowest BCUT2D eigenvalue weighted by Crippen LogP contribution is -2.40. The number of hydrogen-bond acceptors (Lipinski definition) is 2. The summed E-state index contributed by atoms with van der Waals surface area (Å²) in [6.07, 6.45) is 2.13. The number of ether oxygens (including phenoxy) is 1. The molecule has 0 atom stereocenters. The van der Waals surface area contributed by atoms with E-state index >= 15 is 0 Å². The normalized spacial score (nSPS) is 12.6. The van der Waals surface area contributed by atoms with Crippen LogP contribution in [0.3, 0.4) is 0 Å². The highest BCUT2D eigenvalue weighted by molar-refractivity contribution is 5.98. The van der Waals surface area contributed by atoms with E-state index in [2.05, 4.69) is 125 Å². The van der Waals surface area contributed by atoms with E-state index in [1.165, 1.54) is 27.8 Å². The first-order valence-electron chi connectivity index (χ1n) is 11.7. The van der Waals surface area contributed by atoms with Crippen molar-refractivity contribution < 1.29 is 4.74 Å². The summed E-state index contributed by atoms with van der Waals surface area (Å²) in [5, 5.41) is 0. The first-order chi connectivity index (χ1) is 15.4. The van der Waals surface area contributed by atoms with E-state index in [1.54, 1.807) is 0 Å². The van der Waals surface area contributed by atoms with E-state index in [0.717, 1.165) is 25.1 Å². The summed E-state index contributed by atoms with van der Waals surface area (Å²) in [5.74, 6) is 0.917. The SMILES string of the molecule is CCC/C(=C(\c1ccccc1)c1ccc(OCCN(C)C(C)(C)C)cc1)c1ccccc1. The van der Waals surface area contributed by atoms with Crippen molar-refractivity contribution in [3.8, 4) is 5.75 Å². The van der Waals surface area contributed by atoms with Gasteiger partial charge in [-0.05, 0) is 74.2 Å². The van der Waals surface area contributed by atoms with Gasteiger partial charge in [0.15, 0.2) is 0 Å². The molecular weight excluding hydrogens is 390 g/mol. The van der Waals surface area contributed by atoms with Crippen LogP contribution in [0.1, 0.15) is 57.2 Å². The van der Waals surface area contributed by atoms with Gasteiger partial charge in [-0.15, -0.1) is 0 Å². The predicted molar refractivity (Wildman–Crippen MR) is 138 cm³/mol. The lowest BCUT2D eigenvalue weighted by molar-refractivity contribution is 0.144. The van der Waals surface area contributed by atoms with Gasteiger partial charge < -0.3 is 4.74 Å². The highest BCUT2D eigenvalue weighted by atomic mass is 16.5. The fourth-order valence-electron chi connectivity index (χ4n) is 3.78. The van der Waals surface area contributed by atoms with Crippen molar-refractivity contribution in [2.24, 2.45) is 0 Å². The maximum Gasteiger partial charge on any atom is 0.119 e. The van der Waals surface area contributed by atoms with E-state index < -0.39 is 0 Å². The maximum absolute atomic E-state index is 6.05. The first kappa shape index (κ1) is 23.8. The van der Waals surface area contributed by atoms with Crippen LogP contribution < -0.4 is 4.74 Å². The fourth-order valence-corrected chi connectivity index (χ4v) is 3.78. The zero-order valence-electron chi connectivity index (χ0n) is 20.3. The van der Waals surface area contributed by atoms with Crippen LogP contribution in [0.15, 0.2) is 84.9 Å². The minimum atomic E-state index is 0.149. The van der Waals surface area contributed by atoms with Crippen LogP contribution in [-0.4, -0.2) is 30.6 Å². The molecule has 0 saturated heterocycles. The molecule has 168 valence electrons. The number of rotatable bonds is 9. The Hall–Kier alpha value is -2.84. The molecular formula is C30H37NO. The largest absolute Gasteiger partial charge is 0.492 e. The molecule has 0 N–H and O–H groups in total. The van der Waals surface area contributed by atoms with Gasteiger partial charge in [0.05, 0.1) is 0 Å². The van der Waals surface area contributed by atoms with Crippen molar-refractivity contribution in [2.45, 2.75) is 46.1 Å². The summed E-state index contributed by atoms with van der Waals surface area (Å²) in [6.45, 7) is 10.5. The Labute approximate surface area is 194 Å². The fraction of sp³-hybridized carbons (Fsp3) is 0.333. The van der Waals surface area contributed by atoms with Gasteiger partial charge in [-0.25, -0.2) is 0 Å². The van der Waals surface area contributed by atoms with Crippen molar-refractivity contribution >= 4 is 11.1 Å². The highest BCUT2D eigenvalue weighted by Gasteiger charge is 2.17. The van der Waals surface area contributed by atoms with Crippen molar-refractivity contribution in [3.05, 3.63) is 102 Å². The molecule has 2 heteroatoms. The van der Waals surface area contributed by atoms with Crippen LogP contribution in [0.25, 0.3) is 11.1 Å². The van der Waals surface area contributed by atoms with Gasteiger partial charge in [-0.1, -0.05) is 86.1 Å². The zero-order chi connectivity index (χ0) is 23.0. The third kappa shape index (κ3) is 6.34. The summed E-state index contributed by atoms with van der Waals surface area (Å²) < 4.78 is 6.05. The Balaban J connectivity index is 1.91. The number of allylic oxidation sites excluding steroid dienone is 1. The lowest BCUT2D eigenvalue weighted by atomic mass is 9.87. The zero-order valence-corrected chi connectivity index (χ0v) is 20.3. The molecule has 0 radical (unpaired) electrons. The Morgan fingerprint density at radius 2 is 1.28 bits per heavy atom. The van der Waals surface area contributed by atoms with Gasteiger partial charge in [0.1, 0.15) is 12.4 Å². The Bertz CT molecular complexity index is 983. The molecule has 0 aliphatic heterocycles. The smallest absolute Gasteiger partial charge is 0.119 e. The first-order valence-corrected chi connectivity index (χ1v) is 11.7. The van der Waals surface area contributed by atoms with Crippen LogP contribution in [0.4, 0.5) is 0 Å². The van der Waals surface area contributed by atoms with Crippen molar-refractivity contribution in [1.82, 2.24) is 4.90 Å². The van der Waals surface area contributed by atoms with E-state index in [4.69, 9.17) is 4.74 Å². The topological polar surface area (TPSA) is 12.5 Å². The van der Waals surface area contributed by atoms with Gasteiger partial charge in [0, 0.05) is 12.1 Å². The Morgan fingerprint density at radius 3 is 1.81 bits per heavy atom. The molecule has 3 rings (SSSR count). The highest BCUT2D eigenvalue weighted by Crippen LogP contribution is 2.35. The van der Waals surface area contributed by atoms with E-state index in [9.17, 15) is 0 Å². The number of nitrogens with zero attached hydrogens (tertiary/aromatic N) is 1.